The summed E-state index contributed by atoms with van der Waals surface area (Å²) in [6, 6.07) is 4.70. The molecule has 1 aromatic rings. The van der Waals surface area contributed by atoms with Crippen molar-refractivity contribution in [2.75, 3.05) is 20.3 Å². The Morgan fingerprint density at radius 3 is 2.75 bits per heavy atom. The van der Waals surface area contributed by atoms with Gasteiger partial charge in [0, 0.05) is 31.4 Å². The van der Waals surface area contributed by atoms with E-state index in [0.717, 1.165) is 25.1 Å². The number of phenols is 2. The van der Waals surface area contributed by atoms with Gasteiger partial charge in [0.05, 0.1) is 0 Å². The first-order valence-electron chi connectivity index (χ1n) is 5.39. The van der Waals surface area contributed by atoms with Gasteiger partial charge in [-0.1, -0.05) is 6.07 Å². The third kappa shape index (κ3) is 3.72. The summed E-state index contributed by atoms with van der Waals surface area (Å²) in [6.07, 6.45) is 0.930. The van der Waals surface area contributed by atoms with Gasteiger partial charge in [-0.2, -0.15) is 0 Å². The molecule has 0 amide bonds. The second-order valence-corrected chi connectivity index (χ2v) is 3.77. The zero-order valence-electron chi connectivity index (χ0n) is 9.73. The molecular formula is C12H19NO3. The minimum Gasteiger partial charge on any atom is -0.508 e. The maximum Gasteiger partial charge on any atom is 0.124 e. The van der Waals surface area contributed by atoms with Gasteiger partial charge in [0.1, 0.15) is 11.5 Å². The van der Waals surface area contributed by atoms with Crippen LogP contribution in [0.4, 0.5) is 0 Å². The molecule has 0 bridgehead atoms. The Morgan fingerprint density at radius 1 is 1.38 bits per heavy atom. The Hall–Kier alpha value is -1.26. The first-order valence-corrected chi connectivity index (χ1v) is 5.39. The summed E-state index contributed by atoms with van der Waals surface area (Å²) in [6.45, 7) is 3.52. The zero-order valence-corrected chi connectivity index (χ0v) is 9.73. The molecule has 90 valence electrons. The topological polar surface area (TPSA) is 61.7 Å². The van der Waals surface area contributed by atoms with Crippen molar-refractivity contribution in [2.24, 2.45) is 0 Å². The van der Waals surface area contributed by atoms with Crippen LogP contribution in [0, 0.1) is 0 Å². The van der Waals surface area contributed by atoms with Crippen molar-refractivity contribution in [3.8, 4) is 11.5 Å². The van der Waals surface area contributed by atoms with Crippen molar-refractivity contribution in [2.45, 2.75) is 19.4 Å². The largest absolute Gasteiger partial charge is 0.508 e. The Morgan fingerprint density at radius 2 is 2.12 bits per heavy atom. The lowest BCUT2D eigenvalue weighted by molar-refractivity contribution is 0.193. The molecule has 1 aromatic carbocycles. The summed E-state index contributed by atoms with van der Waals surface area (Å²) in [4.78, 5) is 0. The average Bonchev–Trinajstić information content (AvgIpc) is 2.24. The Bertz CT molecular complexity index is 328. The van der Waals surface area contributed by atoms with E-state index in [1.807, 2.05) is 6.92 Å². The van der Waals surface area contributed by atoms with Gasteiger partial charge < -0.3 is 20.3 Å². The Kier molecular flexibility index (Phi) is 5.08. The first-order chi connectivity index (χ1) is 7.65. The van der Waals surface area contributed by atoms with Crippen LogP contribution < -0.4 is 5.32 Å². The summed E-state index contributed by atoms with van der Waals surface area (Å²) >= 11 is 0. The summed E-state index contributed by atoms with van der Waals surface area (Å²) in [5, 5.41) is 22.1. The van der Waals surface area contributed by atoms with Crippen LogP contribution in [0.1, 0.15) is 24.9 Å². The van der Waals surface area contributed by atoms with Crippen molar-refractivity contribution in [3.63, 3.8) is 0 Å². The number of phenolic OH excluding ortho intramolecular Hbond substituents is 2. The number of aromatic hydroxyl groups is 2. The molecule has 0 aliphatic heterocycles. The summed E-state index contributed by atoms with van der Waals surface area (Å²) in [5.74, 6) is 0.194. The number of nitrogens with one attached hydrogen (secondary N) is 1. The van der Waals surface area contributed by atoms with E-state index in [1.165, 1.54) is 6.07 Å². The van der Waals surface area contributed by atoms with Crippen LogP contribution in [0.25, 0.3) is 0 Å². The van der Waals surface area contributed by atoms with E-state index in [2.05, 4.69) is 5.32 Å². The van der Waals surface area contributed by atoms with Crippen LogP contribution in [-0.4, -0.2) is 30.5 Å². The number of hydrogen-bond acceptors (Lipinski definition) is 4. The highest BCUT2D eigenvalue weighted by atomic mass is 16.5. The molecule has 0 heterocycles. The molecule has 0 aliphatic carbocycles. The third-order valence-corrected chi connectivity index (χ3v) is 2.46. The van der Waals surface area contributed by atoms with Gasteiger partial charge in [0.25, 0.3) is 0 Å². The average molecular weight is 225 g/mol. The summed E-state index contributed by atoms with van der Waals surface area (Å²) in [5.41, 5.74) is 0.787. The van der Waals surface area contributed by atoms with Gasteiger partial charge in [-0.15, -0.1) is 0 Å². The molecule has 4 heteroatoms. The summed E-state index contributed by atoms with van der Waals surface area (Å²) < 4.78 is 4.95. The quantitative estimate of drug-likeness (QED) is 0.646. The first kappa shape index (κ1) is 12.8. The maximum atomic E-state index is 9.64. The van der Waals surface area contributed by atoms with Crippen LogP contribution in [0.5, 0.6) is 11.5 Å². The molecule has 1 rings (SSSR count). The van der Waals surface area contributed by atoms with Crippen molar-refractivity contribution in [1.82, 2.24) is 5.32 Å². The van der Waals surface area contributed by atoms with Crippen LogP contribution in [0.2, 0.25) is 0 Å². The number of rotatable bonds is 6. The molecule has 1 unspecified atom stereocenters. The van der Waals surface area contributed by atoms with E-state index in [0.29, 0.717) is 0 Å². The predicted octanol–water partition coefficient (Wildman–Crippen LogP) is 1.78. The fourth-order valence-electron chi connectivity index (χ4n) is 1.54. The zero-order chi connectivity index (χ0) is 12.0. The lowest BCUT2D eigenvalue weighted by atomic mass is 10.1. The van der Waals surface area contributed by atoms with Gasteiger partial charge in [-0.3, -0.25) is 0 Å². The molecule has 0 aliphatic rings. The SMILES string of the molecule is COCCCNC(C)c1ccc(O)cc1O. The fraction of sp³-hybridized carbons (Fsp3) is 0.500. The minimum atomic E-state index is 0.0532. The second-order valence-electron chi connectivity index (χ2n) is 3.77. The Balaban J connectivity index is 2.49. The molecular weight excluding hydrogens is 206 g/mol. The van der Waals surface area contributed by atoms with E-state index in [4.69, 9.17) is 9.84 Å². The van der Waals surface area contributed by atoms with Crippen LogP contribution in [0.15, 0.2) is 18.2 Å². The molecule has 0 aromatic heterocycles. The molecule has 0 fully saturated rings. The van der Waals surface area contributed by atoms with E-state index in [9.17, 15) is 5.11 Å². The predicted molar refractivity (Wildman–Crippen MR) is 62.7 cm³/mol. The lowest BCUT2D eigenvalue weighted by Crippen LogP contribution is -2.20. The standard InChI is InChI=1S/C12H19NO3/c1-9(13-6-3-7-16-2)11-5-4-10(14)8-12(11)15/h4-5,8-9,13-15H,3,6-7H2,1-2H3. The lowest BCUT2D eigenvalue weighted by Gasteiger charge is -2.15. The van der Waals surface area contributed by atoms with Crippen LogP contribution in [0.3, 0.4) is 0 Å². The van der Waals surface area contributed by atoms with Gasteiger partial charge in [-0.25, -0.2) is 0 Å². The van der Waals surface area contributed by atoms with Gasteiger partial charge in [-0.05, 0) is 26.0 Å². The molecule has 0 saturated heterocycles. The van der Waals surface area contributed by atoms with Crippen LogP contribution in [-0.2, 0) is 4.74 Å². The van der Waals surface area contributed by atoms with E-state index < -0.39 is 0 Å². The third-order valence-electron chi connectivity index (χ3n) is 2.46. The van der Waals surface area contributed by atoms with Crippen molar-refractivity contribution in [3.05, 3.63) is 23.8 Å². The summed E-state index contributed by atoms with van der Waals surface area (Å²) in [7, 11) is 1.68. The minimum absolute atomic E-state index is 0.0532. The molecule has 4 nitrogen and oxygen atoms in total. The molecule has 3 N–H and O–H groups in total. The number of ether oxygens (including phenoxy) is 1. The second kappa shape index (κ2) is 6.35. The van der Waals surface area contributed by atoms with E-state index >= 15 is 0 Å². The van der Waals surface area contributed by atoms with Gasteiger partial charge in [0.2, 0.25) is 0 Å². The highest BCUT2D eigenvalue weighted by Gasteiger charge is 2.09. The molecule has 16 heavy (non-hydrogen) atoms. The van der Waals surface area contributed by atoms with Crippen LogP contribution >= 0.6 is 0 Å². The van der Waals surface area contributed by atoms with E-state index in [-0.39, 0.29) is 17.5 Å². The normalized spacial score (nSPS) is 12.6. The maximum absolute atomic E-state index is 9.64. The number of methoxy groups -OCH3 is 1. The number of benzene rings is 1. The smallest absolute Gasteiger partial charge is 0.124 e. The van der Waals surface area contributed by atoms with Crippen molar-refractivity contribution in [1.29, 1.82) is 0 Å². The molecule has 1 atom stereocenters. The highest BCUT2D eigenvalue weighted by molar-refractivity contribution is 5.40. The van der Waals surface area contributed by atoms with Gasteiger partial charge >= 0.3 is 0 Å². The molecule has 0 spiro atoms. The highest BCUT2D eigenvalue weighted by Crippen LogP contribution is 2.27. The fourth-order valence-corrected chi connectivity index (χ4v) is 1.54. The number of hydrogen-bond donors (Lipinski definition) is 3. The van der Waals surface area contributed by atoms with Crippen molar-refractivity contribution >= 4 is 0 Å². The molecule has 0 radical (unpaired) electrons. The van der Waals surface area contributed by atoms with E-state index in [1.54, 1.807) is 19.2 Å². The molecule has 0 saturated carbocycles. The monoisotopic (exact) mass is 225 g/mol. The van der Waals surface area contributed by atoms with Crippen molar-refractivity contribution < 1.29 is 14.9 Å². The Labute approximate surface area is 95.9 Å². The van der Waals surface area contributed by atoms with Gasteiger partial charge in [0.15, 0.2) is 0 Å².